The van der Waals surface area contributed by atoms with Gasteiger partial charge >= 0.3 is 0 Å². The van der Waals surface area contributed by atoms with E-state index in [2.05, 4.69) is 17.1 Å². The number of benzene rings is 1. The van der Waals surface area contributed by atoms with Crippen LogP contribution in [0.5, 0.6) is 5.75 Å². The summed E-state index contributed by atoms with van der Waals surface area (Å²) >= 11 is 0. The normalized spacial score (nSPS) is 16.7. The highest BCUT2D eigenvalue weighted by Gasteiger charge is 2.19. The zero-order valence-electron chi connectivity index (χ0n) is 12.9. The number of nitrogen functional groups attached to an aromatic ring is 1. The van der Waals surface area contributed by atoms with Gasteiger partial charge in [0, 0.05) is 18.3 Å². The number of hydrogen-bond acceptors (Lipinski definition) is 4. The second-order valence-electron chi connectivity index (χ2n) is 5.55. The maximum atomic E-state index is 12.3. The minimum absolute atomic E-state index is 0.0928. The van der Waals surface area contributed by atoms with Gasteiger partial charge in [0.2, 0.25) is 0 Å². The molecule has 0 bridgehead atoms. The van der Waals surface area contributed by atoms with Crippen molar-refractivity contribution in [1.82, 2.24) is 10.2 Å². The predicted octanol–water partition coefficient (Wildman–Crippen LogP) is 1.74. The lowest BCUT2D eigenvalue weighted by Gasteiger charge is -2.31. The number of hydrogen-bond donors (Lipinski definition) is 2. The molecule has 0 atom stereocenters. The van der Waals surface area contributed by atoms with Gasteiger partial charge in [-0.05, 0) is 50.5 Å². The molecular weight excluding hydrogens is 266 g/mol. The van der Waals surface area contributed by atoms with Crippen LogP contribution in [0.2, 0.25) is 0 Å². The highest BCUT2D eigenvalue weighted by Crippen LogP contribution is 2.22. The van der Waals surface area contributed by atoms with E-state index < -0.39 is 0 Å². The number of ether oxygens (including phenoxy) is 1. The van der Waals surface area contributed by atoms with E-state index in [1.54, 1.807) is 25.3 Å². The molecule has 21 heavy (non-hydrogen) atoms. The monoisotopic (exact) mass is 291 g/mol. The van der Waals surface area contributed by atoms with Crippen LogP contribution in [0.3, 0.4) is 0 Å². The minimum atomic E-state index is -0.0928. The average Bonchev–Trinajstić information content (AvgIpc) is 2.52. The van der Waals surface area contributed by atoms with Crippen LogP contribution in [0, 0.1) is 5.92 Å². The fourth-order valence-electron chi connectivity index (χ4n) is 2.73. The number of nitrogens with two attached hydrogens (primary N) is 1. The fraction of sp³-hybridized carbons (Fsp3) is 0.562. The van der Waals surface area contributed by atoms with Gasteiger partial charge in [-0.15, -0.1) is 0 Å². The summed E-state index contributed by atoms with van der Waals surface area (Å²) in [6, 6.07) is 5.11. The number of carbonyl (C=O) groups is 1. The first-order chi connectivity index (χ1) is 10.1. The van der Waals surface area contributed by atoms with E-state index in [4.69, 9.17) is 10.5 Å². The van der Waals surface area contributed by atoms with Gasteiger partial charge in [0.05, 0.1) is 12.7 Å². The summed E-state index contributed by atoms with van der Waals surface area (Å²) in [6.45, 7) is 6.28. The van der Waals surface area contributed by atoms with Crippen LogP contribution in [0.1, 0.15) is 30.1 Å². The molecule has 1 aromatic carbocycles. The second kappa shape index (κ2) is 7.31. The van der Waals surface area contributed by atoms with Crippen molar-refractivity contribution >= 4 is 11.6 Å². The van der Waals surface area contributed by atoms with Crippen LogP contribution in [0.4, 0.5) is 5.69 Å². The minimum Gasteiger partial charge on any atom is -0.496 e. The fourth-order valence-corrected chi connectivity index (χ4v) is 2.73. The van der Waals surface area contributed by atoms with E-state index in [0.717, 1.165) is 39.0 Å². The van der Waals surface area contributed by atoms with E-state index >= 15 is 0 Å². The topological polar surface area (TPSA) is 67.6 Å². The van der Waals surface area contributed by atoms with Crippen LogP contribution in [-0.2, 0) is 0 Å². The second-order valence-corrected chi connectivity index (χ2v) is 5.55. The van der Waals surface area contributed by atoms with Crippen molar-refractivity contribution in [2.45, 2.75) is 19.8 Å². The van der Waals surface area contributed by atoms with Crippen molar-refractivity contribution in [1.29, 1.82) is 0 Å². The summed E-state index contributed by atoms with van der Waals surface area (Å²) < 4.78 is 5.22. The first-order valence-electron chi connectivity index (χ1n) is 7.58. The number of carbonyl (C=O) groups excluding carboxylic acids is 1. The number of piperidine rings is 1. The number of methoxy groups -OCH3 is 1. The van der Waals surface area contributed by atoms with Crippen LogP contribution < -0.4 is 15.8 Å². The number of nitrogens with zero attached hydrogens (tertiary/aromatic N) is 1. The third-order valence-corrected chi connectivity index (χ3v) is 4.18. The zero-order chi connectivity index (χ0) is 15.2. The maximum absolute atomic E-state index is 12.3. The highest BCUT2D eigenvalue weighted by molar-refractivity contribution is 5.97. The summed E-state index contributed by atoms with van der Waals surface area (Å²) in [5.41, 5.74) is 6.84. The summed E-state index contributed by atoms with van der Waals surface area (Å²) in [5, 5.41) is 3.02. The van der Waals surface area contributed by atoms with Gasteiger partial charge in [-0.2, -0.15) is 0 Å². The maximum Gasteiger partial charge on any atom is 0.255 e. The molecule has 5 nitrogen and oxygen atoms in total. The molecule has 1 aliphatic rings. The molecule has 0 unspecified atom stereocenters. The van der Waals surface area contributed by atoms with E-state index in [9.17, 15) is 4.79 Å². The average molecular weight is 291 g/mol. The Morgan fingerprint density at radius 3 is 2.76 bits per heavy atom. The van der Waals surface area contributed by atoms with Crippen molar-refractivity contribution < 1.29 is 9.53 Å². The summed E-state index contributed by atoms with van der Waals surface area (Å²) in [7, 11) is 1.55. The molecule has 116 valence electrons. The van der Waals surface area contributed by atoms with Gasteiger partial charge in [0.25, 0.3) is 5.91 Å². The number of nitrogens with one attached hydrogen (secondary N) is 1. The quantitative estimate of drug-likeness (QED) is 0.811. The Hall–Kier alpha value is -1.75. The zero-order valence-corrected chi connectivity index (χ0v) is 12.9. The van der Waals surface area contributed by atoms with Gasteiger partial charge in [-0.25, -0.2) is 0 Å². The Morgan fingerprint density at radius 1 is 1.43 bits per heavy atom. The third-order valence-electron chi connectivity index (χ3n) is 4.18. The van der Waals surface area contributed by atoms with Crippen molar-refractivity contribution in [3.63, 3.8) is 0 Å². The van der Waals surface area contributed by atoms with Crippen LogP contribution in [0.25, 0.3) is 0 Å². The molecule has 1 aromatic rings. The Balaban J connectivity index is 1.88. The Kier molecular flexibility index (Phi) is 5.44. The largest absolute Gasteiger partial charge is 0.496 e. The molecule has 0 spiro atoms. The molecule has 1 saturated heterocycles. The first kappa shape index (κ1) is 15.6. The Bertz CT molecular complexity index is 482. The first-order valence-corrected chi connectivity index (χ1v) is 7.58. The molecule has 0 saturated carbocycles. The summed E-state index contributed by atoms with van der Waals surface area (Å²) in [5.74, 6) is 0.995. The third kappa shape index (κ3) is 4.11. The Morgan fingerprint density at radius 2 is 2.14 bits per heavy atom. The van der Waals surface area contributed by atoms with E-state index in [-0.39, 0.29) is 5.91 Å². The van der Waals surface area contributed by atoms with Crippen molar-refractivity contribution in [2.24, 2.45) is 5.92 Å². The van der Waals surface area contributed by atoms with Gasteiger partial charge in [-0.1, -0.05) is 6.92 Å². The van der Waals surface area contributed by atoms with Crippen molar-refractivity contribution in [2.75, 3.05) is 39.0 Å². The van der Waals surface area contributed by atoms with Gasteiger partial charge < -0.3 is 20.7 Å². The molecule has 2 rings (SSSR count). The molecule has 0 aliphatic carbocycles. The molecule has 1 heterocycles. The van der Waals surface area contributed by atoms with Crippen molar-refractivity contribution in [3.05, 3.63) is 23.8 Å². The lowest BCUT2D eigenvalue weighted by molar-refractivity contribution is 0.0934. The van der Waals surface area contributed by atoms with Gasteiger partial charge in [-0.3, -0.25) is 4.79 Å². The number of amides is 1. The molecule has 1 aliphatic heterocycles. The van der Waals surface area contributed by atoms with E-state index in [1.165, 1.54) is 0 Å². The molecule has 5 heteroatoms. The molecular formula is C16H25N3O2. The smallest absolute Gasteiger partial charge is 0.255 e. The van der Waals surface area contributed by atoms with Crippen LogP contribution >= 0.6 is 0 Å². The number of anilines is 1. The number of likely N-dealkylation sites (tertiary alicyclic amines) is 1. The lowest BCUT2D eigenvalue weighted by atomic mass is 9.96. The SMILES string of the molecule is CCN1CCC(CNC(=O)c2ccc(N)cc2OC)CC1. The molecule has 3 N–H and O–H groups in total. The van der Waals surface area contributed by atoms with E-state index in [1.807, 2.05) is 0 Å². The number of rotatable bonds is 5. The molecule has 1 fully saturated rings. The molecule has 1 amide bonds. The summed E-state index contributed by atoms with van der Waals surface area (Å²) in [6.07, 6.45) is 2.29. The summed E-state index contributed by atoms with van der Waals surface area (Å²) in [4.78, 5) is 14.7. The lowest BCUT2D eigenvalue weighted by Crippen LogP contribution is -2.38. The van der Waals surface area contributed by atoms with Crippen LogP contribution in [0.15, 0.2) is 18.2 Å². The van der Waals surface area contributed by atoms with Crippen LogP contribution in [-0.4, -0.2) is 44.1 Å². The molecule has 0 radical (unpaired) electrons. The highest BCUT2D eigenvalue weighted by atomic mass is 16.5. The van der Waals surface area contributed by atoms with Gasteiger partial charge in [0.15, 0.2) is 0 Å². The Labute approximate surface area is 126 Å². The standard InChI is InChI=1S/C16H25N3O2/c1-3-19-8-6-12(7-9-19)11-18-16(20)14-5-4-13(17)10-15(14)21-2/h4-5,10,12H,3,6-9,11,17H2,1-2H3,(H,18,20). The van der Waals surface area contributed by atoms with Crippen molar-refractivity contribution in [3.8, 4) is 5.75 Å². The molecule has 0 aromatic heterocycles. The van der Waals surface area contributed by atoms with E-state index in [0.29, 0.717) is 22.9 Å². The predicted molar refractivity (Wildman–Crippen MR) is 84.6 cm³/mol. The van der Waals surface area contributed by atoms with Gasteiger partial charge in [0.1, 0.15) is 5.75 Å².